The molecular weight excluding hydrogens is 214 g/mol. The molecule has 0 aliphatic carbocycles. The Kier molecular flexibility index (Phi) is 2.36. The summed E-state index contributed by atoms with van der Waals surface area (Å²) in [5.74, 6) is 0.902. The maximum Gasteiger partial charge on any atom is 0.137 e. The van der Waals surface area contributed by atoms with E-state index in [1.807, 2.05) is 0 Å². The second-order valence-electron chi connectivity index (χ2n) is 3.98. The molecule has 0 spiro atoms. The zero-order valence-electron chi connectivity index (χ0n) is 9.59. The minimum absolute atomic E-state index is 0.621. The summed E-state index contributed by atoms with van der Waals surface area (Å²) in [7, 11) is 0. The summed E-state index contributed by atoms with van der Waals surface area (Å²) in [6, 6.07) is 6.31. The zero-order chi connectivity index (χ0) is 11.7. The fourth-order valence-electron chi connectivity index (χ4n) is 1.87. The molecule has 0 radical (unpaired) electrons. The predicted octanol–water partition coefficient (Wildman–Crippen LogP) is 1.77. The fourth-order valence-corrected chi connectivity index (χ4v) is 1.87. The van der Waals surface area contributed by atoms with E-state index in [-0.39, 0.29) is 0 Å². The first-order valence-electron chi connectivity index (χ1n) is 5.65. The van der Waals surface area contributed by atoms with Crippen LogP contribution >= 0.6 is 0 Å². The summed E-state index contributed by atoms with van der Waals surface area (Å²) >= 11 is 0. The molecule has 0 unspecified atom stereocenters. The second-order valence-corrected chi connectivity index (χ2v) is 3.98. The van der Waals surface area contributed by atoms with Crippen molar-refractivity contribution in [3.63, 3.8) is 0 Å². The number of aryl methyl sites for hydroxylation is 1. The fraction of sp³-hybridized carbons (Fsp3) is 0.250. The summed E-state index contributed by atoms with van der Waals surface area (Å²) in [6.45, 7) is 2.77. The Morgan fingerprint density at radius 2 is 2.29 bits per heavy atom. The molecule has 0 bridgehead atoms. The van der Waals surface area contributed by atoms with Gasteiger partial charge in [-0.25, -0.2) is 14.6 Å². The smallest absolute Gasteiger partial charge is 0.137 e. The van der Waals surface area contributed by atoms with E-state index < -0.39 is 0 Å². The standard InChI is InChI=1S/C12H13N5/c1-2-9-3-4-10-11(5-9)16-12(15-10)6-17-8-13-7-14-17/h3-5,7-8H,2,6H2,1H3,(H,15,16). The van der Waals surface area contributed by atoms with E-state index in [9.17, 15) is 0 Å². The normalized spacial score (nSPS) is 11.1. The third kappa shape index (κ3) is 1.91. The maximum absolute atomic E-state index is 4.52. The molecule has 5 nitrogen and oxygen atoms in total. The number of hydrogen-bond donors (Lipinski definition) is 1. The molecule has 0 atom stereocenters. The van der Waals surface area contributed by atoms with Crippen molar-refractivity contribution in [3.8, 4) is 0 Å². The Morgan fingerprint density at radius 1 is 1.35 bits per heavy atom. The van der Waals surface area contributed by atoms with Gasteiger partial charge in [-0.05, 0) is 24.1 Å². The molecule has 5 heteroatoms. The monoisotopic (exact) mass is 227 g/mol. The molecule has 1 N–H and O–H groups in total. The number of nitrogens with one attached hydrogen (secondary N) is 1. The van der Waals surface area contributed by atoms with Crippen LogP contribution in [0.5, 0.6) is 0 Å². The Hall–Kier alpha value is -2.17. The van der Waals surface area contributed by atoms with E-state index in [0.717, 1.165) is 23.3 Å². The minimum atomic E-state index is 0.621. The highest BCUT2D eigenvalue weighted by Crippen LogP contribution is 2.14. The molecule has 3 aromatic rings. The lowest BCUT2D eigenvalue weighted by Crippen LogP contribution is -2.01. The molecule has 2 heterocycles. The molecule has 0 amide bonds. The molecule has 0 fully saturated rings. The van der Waals surface area contributed by atoms with Gasteiger partial charge in [-0.2, -0.15) is 5.10 Å². The Morgan fingerprint density at radius 3 is 3.06 bits per heavy atom. The van der Waals surface area contributed by atoms with Gasteiger partial charge in [-0.3, -0.25) is 0 Å². The molecular formula is C12H13N5. The third-order valence-corrected chi connectivity index (χ3v) is 2.78. The summed E-state index contributed by atoms with van der Waals surface area (Å²) in [6.07, 6.45) is 4.25. The molecule has 0 aliphatic rings. The van der Waals surface area contributed by atoms with Crippen molar-refractivity contribution in [3.05, 3.63) is 42.2 Å². The number of nitrogens with zero attached hydrogens (tertiary/aromatic N) is 4. The van der Waals surface area contributed by atoms with Crippen LogP contribution in [0.4, 0.5) is 0 Å². The summed E-state index contributed by atoms with van der Waals surface area (Å²) < 4.78 is 1.75. The van der Waals surface area contributed by atoms with Crippen molar-refractivity contribution in [1.82, 2.24) is 24.7 Å². The molecule has 0 aliphatic heterocycles. The topological polar surface area (TPSA) is 59.4 Å². The average molecular weight is 227 g/mol. The Balaban J connectivity index is 1.96. The minimum Gasteiger partial charge on any atom is -0.340 e. The molecule has 0 saturated heterocycles. The molecule has 2 aromatic heterocycles. The van der Waals surface area contributed by atoms with E-state index in [1.165, 1.54) is 11.9 Å². The maximum atomic E-state index is 4.52. The lowest BCUT2D eigenvalue weighted by atomic mass is 10.1. The molecule has 0 saturated carbocycles. The largest absolute Gasteiger partial charge is 0.340 e. The van der Waals surface area contributed by atoms with Gasteiger partial charge in [0, 0.05) is 0 Å². The van der Waals surface area contributed by atoms with Crippen LogP contribution in [0, 0.1) is 0 Å². The first kappa shape index (κ1) is 10.0. The van der Waals surface area contributed by atoms with Gasteiger partial charge in [0.05, 0.1) is 11.0 Å². The Labute approximate surface area is 98.5 Å². The van der Waals surface area contributed by atoms with E-state index in [0.29, 0.717) is 6.54 Å². The summed E-state index contributed by atoms with van der Waals surface area (Å²) in [4.78, 5) is 11.7. The summed E-state index contributed by atoms with van der Waals surface area (Å²) in [5, 5.41) is 4.06. The molecule has 1 aromatic carbocycles. The lowest BCUT2D eigenvalue weighted by Gasteiger charge is -1.94. The van der Waals surface area contributed by atoms with Gasteiger partial charge in [0.15, 0.2) is 0 Å². The van der Waals surface area contributed by atoms with Crippen molar-refractivity contribution in [1.29, 1.82) is 0 Å². The van der Waals surface area contributed by atoms with Crippen LogP contribution < -0.4 is 0 Å². The van der Waals surface area contributed by atoms with Gasteiger partial charge in [-0.1, -0.05) is 13.0 Å². The van der Waals surface area contributed by atoms with Crippen LogP contribution in [0.2, 0.25) is 0 Å². The number of benzene rings is 1. The molecule has 3 rings (SSSR count). The molecule has 86 valence electrons. The number of aromatic amines is 1. The average Bonchev–Trinajstić information content (AvgIpc) is 2.96. The first-order valence-corrected chi connectivity index (χ1v) is 5.65. The third-order valence-electron chi connectivity index (χ3n) is 2.78. The second kappa shape index (κ2) is 4.01. The van der Waals surface area contributed by atoms with Gasteiger partial charge in [-0.15, -0.1) is 0 Å². The van der Waals surface area contributed by atoms with E-state index in [1.54, 1.807) is 11.0 Å². The zero-order valence-corrected chi connectivity index (χ0v) is 9.59. The van der Waals surface area contributed by atoms with E-state index in [4.69, 9.17) is 0 Å². The van der Waals surface area contributed by atoms with Crippen molar-refractivity contribution < 1.29 is 0 Å². The van der Waals surface area contributed by atoms with Gasteiger partial charge < -0.3 is 4.98 Å². The van der Waals surface area contributed by atoms with Gasteiger partial charge in [0.2, 0.25) is 0 Å². The quantitative estimate of drug-likeness (QED) is 0.741. The van der Waals surface area contributed by atoms with Crippen LogP contribution in [0.3, 0.4) is 0 Å². The highest BCUT2D eigenvalue weighted by molar-refractivity contribution is 5.75. The number of fused-ring (bicyclic) bond motifs is 1. The van der Waals surface area contributed by atoms with Crippen molar-refractivity contribution in [2.75, 3.05) is 0 Å². The van der Waals surface area contributed by atoms with Crippen LogP contribution in [0.25, 0.3) is 11.0 Å². The number of aromatic nitrogens is 5. The van der Waals surface area contributed by atoms with Gasteiger partial charge >= 0.3 is 0 Å². The van der Waals surface area contributed by atoms with Crippen LogP contribution in [-0.2, 0) is 13.0 Å². The number of hydrogen-bond acceptors (Lipinski definition) is 3. The Bertz CT molecular complexity index is 623. The van der Waals surface area contributed by atoms with Gasteiger partial charge in [0.25, 0.3) is 0 Å². The van der Waals surface area contributed by atoms with E-state index in [2.05, 4.69) is 45.2 Å². The van der Waals surface area contributed by atoms with Crippen LogP contribution in [-0.4, -0.2) is 24.7 Å². The summed E-state index contributed by atoms with van der Waals surface area (Å²) in [5.41, 5.74) is 3.39. The highest BCUT2D eigenvalue weighted by atomic mass is 15.3. The van der Waals surface area contributed by atoms with E-state index >= 15 is 0 Å². The lowest BCUT2D eigenvalue weighted by molar-refractivity contribution is 0.661. The van der Waals surface area contributed by atoms with Crippen LogP contribution in [0.1, 0.15) is 18.3 Å². The van der Waals surface area contributed by atoms with Gasteiger partial charge in [0.1, 0.15) is 25.0 Å². The number of H-pyrrole nitrogens is 1. The van der Waals surface area contributed by atoms with Crippen molar-refractivity contribution in [2.24, 2.45) is 0 Å². The number of imidazole rings is 1. The SMILES string of the molecule is CCc1ccc2nc(Cn3cncn3)[nH]c2c1. The van der Waals surface area contributed by atoms with Crippen molar-refractivity contribution >= 4 is 11.0 Å². The highest BCUT2D eigenvalue weighted by Gasteiger charge is 2.04. The van der Waals surface area contributed by atoms with Crippen molar-refractivity contribution in [2.45, 2.75) is 19.9 Å². The van der Waals surface area contributed by atoms with Crippen LogP contribution in [0.15, 0.2) is 30.9 Å². The molecule has 17 heavy (non-hydrogen) atoms. The predicted molar refractivity (Wildman–Crippen MR) is 64.6 cm³/mol. The first-order chi connectivity index (χ1) is 8.35. The number of rotatable bonds is 3.